The fourth-order valence-electron chi connectivity index (χ4n) is 5.02. The van der Waals surface area contributed by atoms with Crippen LogP contribution in [0, 0.1) is 27.3 Å². The van der Waals surface area contributed by atoms with E-state index < -0.39 is 15.2 Å². The van der Waals surface area contributed by atoms with Gasteiger partial charge in [-0.3, -0.25) is 24.4 Å². The molecule has 224 valence electrons. The lowest BCUT2D eigenvalue weighted by Gasteiger charge is -2.25. The molecule has 1 N–H and O–H groups in total. The van der Waals surface area contributed by atoms with Gasteiger partial charge < -0.3 is 0 Å². The average Bonchev–Trinajstić information content (AvgIpc) is 3.31. The summed E-state index contributed by atoms with van der Waals surface area (Å²) in [5, 5.41) is 14.8. The van der Waals surface area contributed by atoms with E-state index in [0.717, 1.165) is 0 Å². The number of halogens is 1. The molecule has 0 saturated carbocycles. The van der Waals surface area contributed by atoms with Crippen LogP contribution in [0.1, 0.15) is 23.7 Å². The molecule has 1 amide bonds. The van der Waals surface area contributed by atoms with Gasteiger partial charge in [0, 0.05) is 43.1 Å². The molecule has 1 aliphatic heterocycles. The highest BCUT2D eigenvalue weighted by atomic mass is 35.7. The highest BCUT2D eigenvalue weighted by Gasteiger charge is 2.42. The van der Waals surface area contributed by atoms with Crippen LogP contribution in [-0.4, -0.2) is 43.0 Å². The van der Waals surface area contributed by atoms with Crippen LogP contribution in [0.3, 0.4) is 0 Å². The van der Waals surface area contributed by atoms with Crippen molar-refractivity contribution in [1.29, 1.82) is 0 Å². The van der Waals surface area contributed by atoms with Crippen LogP contribution in [0.25, 0.3) is 11.3 Å². The molecule has 1 aromatic heterocycles. The van der Waals surface area contributed by atoms with Gasteiger partial charge in [-0.2, -0.15) is 14.0 Å². The molecule has 2 heterocycles. The zero-order valence-electron chi connectivity index (χ0n) is 23.6. The normalized spacial score (nSPS) is 16.6. The van der Waals surface area contributed by atoms with Gasteiger partial charge in [0.25, 0.3) is 17.2 Å². The average molecular weight is 610 g/mol. The number of hydrogen-bond donors (Lipinski definition) is 1. The van der Waals surface area contributed by atoms with Crippen LogP contribution < -0.4 is 24.5 Å². The Morgan fingerprint density at radius 1 is 0.860 bits per heavy atom. The summed E-state index contributed by atoms with van der Waals surface area (Å²) in [4.78, 5) is 39.0. The minimum atomic E-state index is -4.69. The first kappa shape index (κ1) is 31.3. The lowest BCUT2D eigenvalue weighted by Crippen LogP contribution is -2.58. The number of likely N-dealkylation sites (N-methyl/N-ethyl adjacent to an activating group) is 1. The molecule has 13 nitrogen and oxygen atoms in total. The fraction of sp³-hybridized carbons (Fsp3) is 0.172. The van der Waals surface area contributed by atoms with Crippen LogP contribution >= 0.6 is 0 Å². The van der Waals surface area contributed by atoms with Gasteiger partial charge in [-0.1, -0.05) is 36.4 Å². The molecule has 1 aliphatic rings. The second-order valence-corrected chi connectivity index (χ2v) is 10.4. The summed E-state index contributed by atoms with van der Waals surface area (Å²) in [5.41, 5.74) is 3.56. The van der Waals surface area contributed by atoms with Crippen molar-refractivity contribution in [2.75, 3.05) is 12.1 Å². The third-order valence-electron chi connectivity index (χ3n) is 7.16. The van der Waals surface area contributed by atoms with E-state index in [0.29, 0.717) is 39.3 Å². The summed E-state index contributed by atoms with van der Waals surface area (Å²) in [7, 11) is -1.07. The second-order valence-electron chi connectivity index (χ2n) is 9.63. The molecule has 1 atom stereocenters. The van der Waals surface area contributed by atoms with Crippen molar-refractivity contribution >= 4 is 22.9 Å². The Bertz CT molecular complexity index is 1720. The third-order valence-corrected chi connectivity index (χ3v) is 7.16. The predicted molar refractivity (Wildman–Crippen MR) is 148 cm³/mol. The fourth-order valence-corrected chi connectivity index (χ4v) is 5.02. The Kier molecular flexibility index (Phi) is 8.96. The summed E-state index contributed by atoms with van der Waals surface area (Å²) in [6.07, 6.45) is 0. The van der Waals surface area contributed by atoms with E-state index in [2.05, 4.69) is 0 Å². The Morgan fingerprint density at radius 2 is 1.35 bits per heavy atom. The quantitative estimate of drug-likeness (QED) is 0.189. The minimum Gasteiger partial charge on any atom is -0.285 e. The van der Waals surface area contributed by atoms with E-state index in [1.54, 1.807) is 33.6 Å². The van der Waals surface area contributed by atoms with Crippen LogP contribution in [0.4, 0.5) is 11.4 Å². The van der Waals surface area contributed by atoms with Crippen LogP contribution in [0.5, 0.6) is 0 Å². The zero-order chi connectivity index (χ0) is 31.6. The Morgan fingerprint density at radius 3 is 1.84 bits per heavy atom. The lowest BCUT2D eigenvalue weighted by molar-refractivity contribution is -1.92. The zero-order valence-corrected chi connectivity index (χ0v) is 24.3. The number of hydrogen-bond acceptors (Lipinski definition) is 9. The number of carbonyl (C=O) groups is 1. The molecule has 0 radical (unpaired) electrons. The molecule has 3 aromatic carbocycles. The van der Waals surface area contributed by atoms with Crippen molar-refractivity contribution in [3.05, 3.63) is 128 Å². The van der Waals surface area contributed by atoms with Gasteiger partial charge in [0.2, 0.25) is 0 Å². The Balaban J connectivity index is 0.000000782. The summed E-state index contributed by atoms with van der Waals surface area (Å²) >= 11 is 0. The van der Waals surface area contributed by atoms with Gasteiger partial charge in [0.1, 0.15) is 0 Å². The number of nitro benzene ring substituents is 1. The van der Waals surface area contributed by atoms with Crippen LogP contribution in [0.15, 0.2) is 95.3 Å². The molecular weight excluding hydrogens is 582 g/mol. The number of para-hydroxylation sites is 2. The first-order valence-electron chi connectivity index (χ1n) is 12.8. The Labute approximate surface area is 248 Å². The number of carbonyl (C=O) groups excluding carboxylic acids is 1. The molecule has 14 heteroatoms. The summed E-state index contributed by atoms with van der Waals surface area (Å²) < 4.78 is 36.1. The van der Waals surface area contributed by atoms with E-state index in [-0.39, 0.29) is 23.2 Å². The van der Waals surface area contributed by atoms with Crippen molar-refractivity contribution in [3.63, 3.8) is 0 Å². The van der Waals surface area contributed by atoms with E-state index in [1.165, 1.54) is 12.1 Å². The number of amides is 1. The molecule has 0 bridgehead atoms. The number of benzene rings is 3. The number of non-ortho nitro benzene ring substituents is 1. The molecule has 4 aromatic rings. The minimum absolute atomic E-state index is 0.0709. The molecule has 43 heavy (non-hydrogen) atoms. The Hall–Kier alpha value is -4.63. The van der Waals surface area contributed by atoms with Crippen molar-refractivity contribution < 1.29 is 38.6 Å². The highest BCUT2D eigenvalue weighted by Crippen LogP contribution is 2.38. The highest BCUT2D eigenvalue weighted by molar-refractivity contribution is 6.15. The number of nitrogens with zero attached hydrogens (tertiary/aromatic N) is 5. The van der Waals surface area contributed by atoms with Gasteiger partial charge in [0.05, 0.1) is 42.8 Å². The monoisotopic (exact) mass is 609 g/mol. The van der Waals surface area contributed by atoms with Crippen molar-refractivity contribution in [2.45, 2.75) is 19.9 Å². The van der Waals surface area contributed by atoms with Crippen LogP contribution in [-0.2, 0) is 11.8 Å². The van der Waals surface area contributed by atoms with Gasteiger partial charge in [0.15, 0.2) is 0 Å². The molecular formula is C29H28ClN5O8. The topological polar surface area (TPSA) is 183 Å². The molecule has 1 fully saturated rings. The lowest BCUT2D eigenvalue weighted by atomic mass is 9.90. The van der Waals surface area contributed by atoms with Crippen molar-refractivity contribution in [3.8, 4) is 5.69 Å². The van der Waals surface area contributed by atoms with Gasteiger partial charge in [-0.25, -0.2) is 14.7 Å². The maximum absolute atomic E-state index is 14.1. The first-order chi connectivity index (χ1) is 20.2. The van der Waals surface area contributed by atoms with Gasteiger partial charge in [-0.15, -0.1) is 0 Å². The summed E-state index contributed by atoms with van der Waals surface area (Å²) in [5.74, 6) is -0.256. The molecule has 1 unspecified atom stereocenters. The molecule has 0 spiro atoms. The summed E-state index contributed by atoms with van der Waals surface area (Å²) in [6, 6.07) is 24.2. The smallest absolute Gasteiger partial charge is 0.279 e. The second kappa shape index (κ2) is 12.3. The van der Waals surface area contributed by atoms with Crippen molar-refractivity contribution in [1.82, 2.24) is 14.4 Å². The molecule has 5 rings (SSSR count). The number of anilines is 1. The van der Waals surface area contributed by atoms with E-state index in [4.69, 9.17) is 18.6 Å². The van der Waals surface area contributed by atoms with Gasteiger partial charge in [-0.05, 0) is 55.8 Å². The largest absolute Gasteiger partial charge is 0.285 e. The van der Waals surface area contributed by atoms with E-state index in [9.17, 15) is 19.7 Å². The predicted octanol–water partition coefficient (Wildman–Crippen LogP) is 0.353. The summed E-state index contributed by atoms with van der Waals surface area (Å²) in [6.45, 7) is 3.75. The number of aromatic nitrogens is 2. The molecule has 0 aliphatic carbocycles. The maximum atomic E-state index is 14.1. The molecule has 1 saturated heterocycles. The van der Waals surface area contributed by atoms with E-state index in [1.807, 2.05) is 86.6 Å². The number of rotatable bonds is 5. The van der Waals surface area contributed by atoms with Gasteiger partial charge >= 0.3 is 0 Å². The van der Waals surface area contributed by atoms with Crippen molar-refractivity contribution in [2.24, 2.45) is 7.05 Å². The maximum Gasteiger partial charge on any atom is 0.279 e. The van der Waals surface area contributed by atoms with Crippen LogP contribution in [0.2, 0.25) is 0 Å². The third kappa shape index (κ3) is 6.41. The first-order valence-corrected chi connectivity index (χ1v) is 14.1. The van der Waals surface area contributed by atoms with E-state index >= 15 is 0 Å². The SMILES string of the molecule is Cc1c(C(=C2C(=O)N(c3ccccc3)N(C)C2C)c2ccc([N+](=O)[O-])cc2)c(=O)n(-c2ccccc2)n1C.[O-][Cl+3]([O-])([O-])O. The number of hydrazine groups is 1. The number of nitro groups is 1. The standard InChI is InChI=1S/C29H27N5O4.ClHO4/c1-19-25(28(35)32(30(19)3)22-11-7-5-8-12-22)27(21-15-17-24(18-16-21)34(37)38)26-20(2)31(4)33(29(26)36)23-13-9-6-10-14-23;2-1(3,4)5/h5-19H,1-4H3;(H,2,3,4,5).